The molecule has 2 aromatic heterocycles. The summed E-state index contributed by atoms with van der Waals surface area (Å²) >= 11 is 1.75. The van der Waals surface area contributed by atoms with Crippen LogP contribution < -0.4 is 0 Å². The van der Waals surface area contributed by atoms with Crippen LogP contribution >= 0.6 is 11.3 Å². The van der Waals surface area contributed by atoms with E-state index in [-0.39, 0.29) is 0 Å². The molecular weight excluding hydrogens is 244 g/mol. The lowest BCUT2D eigenvalue weighted by Gasteiger charge is -2.33. The van der Waals surface area contributed by atoms with Crippen LogP contribution in [0.15, 0.2) is 6.20 Å². The van der Waals surface area contributed by atoms with Gasteiger partial charge in [-0.15, -0.1) is 11.3 Å². The van der Waals surface area contributed by atoms with Gasteiger partial charge < -0.3 is 0 Å². The van der Waals surface area contributed by atoms with E-state index in [9.17, 15) is 4.79 Å². The molecule has 4 heteroatoms. The van der Waals surface area contributed by atoms with E-state index in [4.69, 9.17) is 0 Å². The molecule has 3 rings (SSSR count). The molecule has 0 aliphatic heterocycles. The summed E-state index contributed by atoms with van der Waals surface area (Å²) < 4.78 is 2.11. The highest BCUT2D eigenvalue weighted by molar-refractivity contribution is 7.17. The number of nitrogens with zero attached hydrogens (tertiary/aromatic N) is 2. The summed E-state index contributed by atoms with van der Waals surface area (Å²) in [5, 5.41) is 0. The van der Waals surface area contributed by atoms with Crippen molar-refractivity contribution in [3.05, 3.63) is 22.5 Å². The molecule has 0 fully saturated rings. The van der Waals surface area contributed by atoms with Crippen LogP contribution in [0.5, 0.6) is 0 Å². The predicted octanol–water partition coefficient (Wildman–Crippen LogP) is 3.36. The number of aldehydes is 1. The van der Waals surface area contributed by atoms with Crippen LogP contribution in [0.4, 0.5) is 0 Å². The van der Waals surface area contributed by atoms with Crippen molar-refractivity contribution in [2.75, 3.05) is 0 Å². The molecule has 3 nitrogen and oxygen atoms in total. The summed E-state index contributed by atoms with van der Waals surface area (Å²) in [7, 11) is 0. The van der Waals surface area contributed by atoms with Gasteiger partial charge in [0.25, 0.3) is 0 Å². The summed E-state index contributed by atoms with van der Waals surface area (Å²) in [6, 6.07) is 0. The summed E-state index contributed by atoms with van der Waals surface area (Å²) in [6.45, 7) is 6.98. The van der Waals surface area contributed by atoms with Crippen molar-refractivity contribution in [3.63, 3.8) is 0 Å². The minimum Gasteiger partial charge on any atom is -0.296 e. The zero-order valence-corrected chi connectivity index (χ0v) is 11.9. The number of rotatable bonds is 1. The molecule has 0 N–H and O–H groups in total. The van der Waals surface area contributed by atoms with Gasteiger partial charge >= 0.3 is 0 Å². The van der Waals surface area contributed by atoms with Crippen LogP contribution in [0.3, 0.4) is 0 Å². The molecule has 0 amide bonds. The Morgan fingerprint density at radius 1 is 1.50 bits per heavy atom. The van der Waals surface area contributed by atoms with E-state index in [1.165, 1.54) is 17.0 Å². The van der Waals surface area contributed by atoms with Crippen LogP contribution in [-0.4, -0.2) is 15.7 Å². The van der Waals surface area contributed by atoms with Gasteiger partial charge in [-0.1, -0.05) is 20.8 Å². The lowest BCUT2D eigenvalue weighted by atomic mass is 9.73. The number of carbonyl (C=O) groups is 1. The van der Waals surface area contributed by atoms with Crippen molar-refractivity contribution in [3.8, 4) is 0 Å². The molecule has 0 aromatic carbocycles. The Kier molecular flexibility index (Phi) is 2.59. The zero-order valence-electron chi connectivity index (χ0n) is 11.1. The van der Waals surface area contributed by atoms with Crippen LogP contribution in [0.25, 0.3) is 4.96 Å². The fraction of sp³-hybridized carbons (Fsp3) is 0.571. The molecule has 0 radical (unpaired) electrons. The lowest BCUT2D eigenvalue weighted by Crippen LogP contribution is -2.26. The Hall–Kier alpha value is -1.16. The van der Waals surface area contributed by atoms with Crippen LogP contribution in [0.1, 0.15) is 48.3 Å². The van der Waals surface area contributed by atoms with Gasteiger partial charge in [0, 0.05) is 16.8 Å². The summed E-state index contributed by atoms with van der Waals surface area (Å²) in [5.41, 5.74) is 2.29. The van der Waals surface area contributed by atoms with Gasteiger partial charge in [-0.25, -0.2) is 4.98 Å². The van der Waals surface area contributed by atoms with Crippen LogP contribution in [0.2, 0.25) is 0 Å². The van der Waals surface area contributed by atoms with Gasteiger partial charge in [-0.3, -0.25) is 9.20 Å². The average Bonchev–Trinajstić information content (AvgIpc) is 2.83. The van der Waals surface area contributed by atoms with Gasteiger partial charge in [0.15, 0.2) is 11.2 Å². The fourth-order valence-corrected chi connectivity index (χ4v) is 4.04. The number of thiazole rings is 1. The molecule has 0 spiro atoms. The fourth-order valence-electron chi connectivity index (χ4n) is 2.80. The van der Waals surface area contributed by atoms with Crippen molar-refractivity contribution in [1.29, 1.82) is 0 Å². The smallest absolute Gasteiger partial charge is 0.194 e. The highest BCUT2D eigenvalue weighted by atomic mass is 32.1. The third kappa shape index (κ3) is 1.79. The van der Waals surface area contributed by atoms with Crippen molar-refractivity contribution >= 4 is 22.6 Å². The predicted molar refractivity (Wildman–Crippen MR) is 73.4 cm³/mol. The topological polar surface area (TPSA) is 34.4 Å². The first-order valence-electron chi connectivity index (χ1n) is 6.44. The van der Waals surface area contributed by atoms with Crippen molar-refractivity contribution in [1.82, 2.24) is 9.38 Å². The molecule has 1 atom stereocenters. The zero-order chi connectivity index (χ0) is 12.9. The third-order valence-electron chi connectivity index (χ3n) is 4.03. The summed E-state index contributed by atoms with van der Waals surface area (Å²) in [6.07, 6.45) is 6.19. The maximum Gasteiger partial charge on any atom is 0.194 e. The molecule has 96 valence electrons. The second-order valence-corrected chi connectivity index (χ2v) is 7.28. The molecule has 0 saturated heterocycles. The molecule has 1 unspecified atom stereocenters. The Balaban J connectivity index is 2.01. The van der Waals surface area contributed by atoms with Gasteiger partial charge in [0.1, 0.15) is 5.69 Å². The molecule has 18 heavy (non-hydrogen) atoms. The molecule has 2 aromatic rings. The number of hydrogen-bond donors (Lipinski definition) is 0. The lowest BCUT2D eigenvalue weighted by molar-refractivity contribution is 0.111. The quantitative estimate of drug-likeness (QED) is 0.739. The first-order valence-corrected chi connectivity index (χ1v) is 7.25. The van der Waals surface area contributed by atoms with Crippen molar-refractivity contribution in [2.24, 2.45) is 11.3 Å². The molecule has 0 saturated carbocycles. The van der Waals surface area contributed by atoms with E-state index >= 15 is 0 Å². The van der Waals surface area contributed by atoms with Gasteiger partial charge in [-0.2, -0.15) is 0 Å². The number of aryl methyl sites for hydroxylation is 1. The number of aromatic nitrogens is 2. The molecule has 1 aliphatic rings. The Labute approximate surface area is 111 Å². The Morgan fingerprint density at radius 3 is 2.94 bits per heavy atom. The van der Waals surface area contributed by atoms with Gasteiger partial charge in [0.2, 0.25) is 0 Å². The highest BCUT2D eigenvalue weighted by Gasteiger charge is 2.31. The first kappa shape index (κ1) is 11.9. The van der Waals surface area contributed by atoms with Crippen molar-refractivity contribution < 1.29 is 4.79 Å². The van der Waals surface area contributed by atoms with Crippen LogP contribution in [0, 0.1) is 11.3 Å². The molecule has 2 heterocycles. The highest BCUT2D eigenvalue weighted by Crippen LogP contribution is 2.40. The number of hydrogen-bond acceptors (Lipinski definition) is 3. The minimum atomic E-state index is 0.373. The number of carbonyl (C=O) groups excluding carboxylic acids is 1. The van der Waals surface area contributed by atoms with E-state index in [1.54, 1.807) is 11.3 Å². The maximum absolute atomic E-state index is 10.8. The standard InChI is InChI=1S/C14H18N2OS/c1-14(2,3)9-4-5-11-12(6-9)18-13-15-10(8-17)7-16(11)13/h7-9H,4-6H2,1-3H3. The molecular formula is C14H18N2OS. The molecule has 1 aliphatic carbocycles. The minimum absolute atomic E-state index is 0.373. The number of fused-ring (bicyclic) bond motifs is 3. The normalized spacial score (nSPS) is 20.1. The van der Waals surface area contributed by atoms with E-state index in [0.717, 1.165) is 30.0 Å². The summed E-state index contributed by atoms with van der Waals surface area (Å²) in [5.74, 6) is 0.749. The summed E-state index contributed by atoms with van der Waals surface area (Å²) in [4.78, 5) is 17.5. The second kappa shape index (κ2) is 3.92. The van der Waals surface area contributed by atoms with E-state index in [0.29, 0.717) is 11.1 Å². The average molecular weight is 262 g/mol. The maximum atomic E-state index is 10.8. The SMILES string of the molecule is CC(C)(C)C1CCc2c(sc3nc(C=O)cn23)C1. The first-order chi connectivity index (χ1) is 8.49. The largest absolute Gasteiger partial charge is 0.296 e. The van der Waals surface area contributed by atoms with Crippen LogP contribution in [-0.2, 0) is 12.8 Å². The second-order valence-electron chi connectivity index (χ2n) is 6.21. The Bertz CT molecular complexity index is 603. The monoisotopic (exact) mass is 262 g/mol. The van der Waals surface area contributed by atoms with Crippen molar-refractivity contribution in [2.45, 2.75) is 40.0 Å². The van der Waals surface area contributed by atoms with E-state index in [1.807, 2.05) is 6.20 Å². The van der Waals surface area contributed by atoms with E-state index in [2.05, 4.69) is 30.2 Å². The van der Waals surface area contributed by atoms with Gasteiger partial charge in [-0.05, 0) is 30.6 Å². The number of imidazole rings is 1. The molecule has 0 bridgehead atoms. The Morgan fingerprint density at radius 2 is 2.28 bits per heavy atom. The van der Waals surface area contributed by atoms with Gasteiger partial charge in [0.05, 0.1) is 0 Å². The van der Waals surface area contributed by atoms with E-state index < -0.39 is 0 Å². The third-order valence-corrected chi connectivity index (χ3v) is 5.15.